The number of rotatable bonds is 5. The average molecular weight is 444 g/mol. The van der Waals surface area contributed by atoms with Gasteiger partial charge in [0.2, 0.25) is 17.6 Å². The highest BCUT2D eigenvalue weighted by Gasteiger charge is 2.35. The van der Waals surface area contributed by atoms with Gasteiger partial charge in [0.25, 0.3) is 5.56 Å². The molecule has 3 heterocycles. The number of fused-ring (bicyclic) bond motifs is 1. The van der Waals surface area contributed by atoms with Crippen LogP contribution >= 0.6 is 0 Å². The Bertz CT molecular complexity index is 1400. The van der Waals surface area contributed by atoms with E-state index in [-0.39, 0.29) is 17.4 Å². The molecule has 0 N–H and O–H groups in total. The molecule has 0 radical (unpaired) electrons. The summed E-state index contributed by atoms with van der Waals surface area (Å²) in [6, 6.07) is 13.5. The largest absolute Gasteiger partial charge is 0.339 e. The molecule has 0 aliphatic carbocycles. The maximum Gasteiger partial charge on any atom is 0.272 e. The predicted molar refractivity (Wildman–Crippen MR) is 125 cm³/mol. The third-order valence-electron chi connectivity index (χ3n) is 6.08. The van der Waals surface area contributed by atoms with Gasteiger partial charge in [0.1, 0.15) is 5.69 Å². The molecule has 1 fully saturated rings. The molecule has 0 spiro atoms. The number of carbonyl (C=O) groups excluding carboxylic acids is 1. The lowest BCUT2D eigenvalue weighted by Gasteiger charge is -2.16. The zero-order valence-electron chi connectivity index (χ0n) is 18.9. The summed E-state index contributed by atoms with van der Waals surface area (Å²) in [6.45, 7) is 6.93. The van der Waals surface area contributed by atoms with Crippen molar-refractivity contribution in [3.8, 4) is 11.4 Å². The number of carbonyl (C=O) groups is 1. The third kappa shape index (κ3) is 3.82. The van der Waals surface area contributed by atoms with E-state index in [2.05, 4.69) is 15.1 Å². The molecule has 0 saturated carbocycles. The lowest BCUT2D eigenvalue weighted by molar-refractivity contribution is -0.117. The molecule has 1 aliphatic heterocycles. The van der Waals surface area contributed by atoms with E-state index in [1.807, 2.05) is 56.3 Å². The Morgan fingerprint density at radius 1 is 1.06 bits per heavy atom. The van der Waals surface area contributed by atoms with Gasteiger partial charge in [-0.2, -0.15) is 4.98 Å². The summed E-state index contributed by atoms with van der Waals surface area (Å²) in [5.41, 5.74) is 4.68. The molecule has 8 heteroatoms. The predicted octanol–water partition coefficient (Wildman–Crippen LogP) is 3.99. The average Bonchev–Trinajstić information content (AvgIpc) is 3.44. The highest BCUT2D eigenvalue weighted by molar-refractivity contribution is 5.96. The molecular formula is C25H25N5O3. The van der Waals surface area contributed by atoms with E-state index in [9.17, 15) is 9.59 Å². The minimum atomic E-state index is -0.157. The van der Waals surface area contributed by atoms with E-state index in [4.69, 9.17) is 4.52 Å². The number of amides is 1. The molecule has 2 aromatic carbocycles. The van der Waals surface area contributed by atoms with Gasteiger partial charge in [-0.25, -0.2) is 4.98 Å². The van der Waals surface area contributed by atoms with Crippen LogP contribution in [0.4, 0.5) is 5.69 Å². The Kier molecular flexibility index (Phi) is 5.28. The molecule has 2 aromatic heterocycles. The quantitative estimate of drug-likeness (QED) is 0.463. The molecule has 8 nitrogen and oxygen atoms in total. The number of aryl methyl sites for hydroxylation is 3. The standard InChI is InChI=1S/C25H25N5O3/c1-4-11-29-21-10-7-17(12-20(21)26-16(3)25(29)32)23-27-24(33-28-23)18-13-22(31)30(14-18)19-8-5-15(2)6-9-19/h5-10,12,18H,4,11,13-14H2,1-3H3/t18-/m1/s1. The van der Waals surface area contributed by atoms with Gasteiger partial charge in [0, 0.05) is 30.8 Å². The van der Waals surface area contributed by atoms with Crippen LogP contribution in [0.3, 0.4) is 0 Å². The fourth-order valence-electron chi connectivity index (χ4n) is 4.32. The first kappa shape index (κ1) is 21.1. The maximum atomic E-state index is 12.6. The van der Waals surface area contributed by atoms with Crippen LogP contribution < -0.4 is 10.5 Å². The zero-order valence-corrected chi connectivity index (χ0v) is 18.9. The number of hydrogen-bond acceptors (Lipinski definition) is 6. The van der Waals surface area contributed by atoms with E-state index in [0.717, 1.165) is 28.8 Å². The molecular weight excluding hydrogens is 418 g/mol. The summed E-state index contributed by atoms with van der Waals surface area (Å²) in [5, 5.41) is 4.16. The molecule has 4 aromatic rings. The van der Waals surface area contributed by atoms with Gasteiger partial charge in [0.05, 0.1) is 17.0 Å². The first-order valence-electron chi connectivity index (χ1n) is 11.2. The molecule has 168 valence electrons. The highest BCUT2D eigenvalue weighted by Crippen LogP contribution is 2.32. The van der Waals surface area contributed by atoms with Gasteiger partial charge in [-0.1, -0.05) is 29.8 Å². The first-order chi connectivity index (χ1) is 15.9. The van der Waals surface area contributed by atoms with Crippen LogP contribution in [0.1, 0.15) is 42.8 Å². The normalized spacial score (nSPS) is 16.2. The van der Waals surface area contributed by atoms with Crippen molar-refractivity contribution in [2.75, 3.05) is 11.4 Å². The van der Waals surface area contributed by atoms with Crippen molar-refractivity contribution >= 4 is 22.6 Å². The van der Waals surface area contributed by atoms with Gasteiger partial charge in [-0.05, 0) is 50.6 Å². The summed E-state index contributed by atoms with van der Waals surface area (Å²) in [6.07, 6.45) is 1.19. The van der Waals surface area contributed by atoms with Crippen molar-refractivity contribution in [3.63, 3.8) is 0 Å². The number of anilines is 1. The van der Waals surface area contributed by atoms with Crippen LogP contribution in [-0.4, -0.2) is 32.1 Å². The topological polar surface area (TPSA) is 94.1 Å². The molecule has 1 amide bonds. The molecule has 0 bridgehead atoms. The summed E-state index contributed by atoms with van der Waals surface area (Å²) in [7, 11) is 0. The van der Waals surface area contributed by atoms with Crippen molar-refractivity contribution < 1.29 is 9.32 Å². The molecule has 1 atom stereocenters. The van der Waals surface area contributed by atoms with E-state index >= 15 is 0 Å². The molecule has 5 rings (SSSR count). The molecule has 1 saturated heterocycles. The van der Waals surface area contributed by atoms with Crippen molar-refractivity contribution in [2.24, 2.45) is 0 Å². The van der Waals surface area contributed by atoms with Gasteiger partial charge in [0.15, 0.2) is 0 Å². The molecule has 0 unspecified atom stereocenters. The van der Waals surface area contributed by atoms with Crippen LogP contribution in [-0.2, 0) is 11.3 Å². The maximum absolute atomic E-state index is 12.6. The first-order valence-corrected chi connectivity index (χ1v) is 11.2. The van der Waals surface area contributed by atoms with Gasteiger partial charge in [-0.3, -0.25) is 9.59 Å². The Labute approximate surface area is 190 Å². The van der Waals surface area contributed by atoms with Crippen LogP contribution in [0.5, 0.6) is 0 Å². The molecule has 1 aliphatic rings. The van der Waals surface area contributed by atoms with Crippen LogP contribution in [0.15, 0.2) is 51.8 Å². The van der Waals surface area contributed by atoms with Crippen LogP contribution in [0.25, 0.3) is 22.4 Å². The lowest BCUT2D eigenvalue weighted by Crippen LogP contribution is -2.24. The summed E-state index contributed by atoms with van der Waals surface area (Å²) < 4.78 is 7.31. The van der Waals surface area contributed by atoms with E-state index in [1.54, 1.807) is 16.4 Å². The van der Waals surface area contributed by atoms with Crippen molar-refractivity contribution in [2.45, 2.75) is 46.1 Å². The fraction of sp³-hybridized carbons (Fsp3) is 0.320. The minimum Gasteiger partial charge on any atom is -0.339 e. The monoisotopic (exact) mass is 443 g/mol. The molecule has 33 heavy (non-hydrogen) atoms. The van der Waals surface area contributed by atoms with E-state index in [0.29, 0.717) is 42.4 Å². The summed E-state index contributed by atoms with van der Waals surface area (Å²) in [4.78, 5) is 35.9. The van der Waals surface area contributed by atoms with Crippen molar-refractivity contribution in [1.82, 2.24) is 19.7 Å². The number of hydrogen-bond donors (Lipinski definition) is 0. The second kappa shape index (κ2) is 8.27. The Morgan fingerprint density at radius 2 is 1.85 bits per heavy atom. The Hall–Kier alpha value is -3.81. The summed E-state index contributed by atoms with van der Waals surface area (Å²) >= 11 is 0. The highest BCUT2D eigenvalue weighted by atomic mass is 16.5. The smallest absolute Gasteiger partial charge is 0.272 e. The van der Waals surface area contributed by atoms with Gasteiger partial charge < -0.3 is 14.0 Å². The zero-order chi connectivity index (χ0) is 23.1. The second-order valence-electron chi connectivity index (χ2n) is 8.55. The van der Waals surface area contributed by atoms with E-state index < -0.39 is 0 Å². The van der Waals surface area contributed by atoms with Crippen molar-refractivity contribution in [1.29, 1.82) is 0 Å². The Balaban J connectivity index is 1.43. The van der Waals surface area contributed by atoms with Crippen LogP contribution in [0, 0.1) is 13.8 Å². The van der Waals surface area contributed by atoms with Crippen molar-refractivity contribution in [3.05, 3.63) is 70.0 Å². The SMILES string of the molecule is CCCn1c(=O)c(C)nc2cc(-c3noc([C@@H]4CC(=O)N(c5ccc(C)cc5)C4)n3)ccc21. The van der Waals surface area contributed by atoms with E-state index in [1.165, 1.54) is 0 Å². The van der Waals surface area contributed by atoms with Crippen LogP contribution in [0.2, 0.25) is 0 Å². The third-order valence-corrected chi connectivity index (χ3v) is 6.08. The number of nitrogens with zero attached hydrogens (tertiary/aromatic N) is 5. The minimum absolute atomic E-state index is 0.0443. The second-order valence-corrected chi connectivity index (χ2v) is 8.55. The number of aromatic nitrogens is 4. The number of benzene rings is 2. The summed E-state index contributed by atoms with van der Waals surface area (Å²) in [5.74, 6) is 0.785. The Morgan fingerprint density at radius 3 is 2.61 bits per heavy atom. The van der Waals surface area contributed by atoms with Gasteiger partial charge in [-0.15, -0.1) is 0 Å². The lowest BCUT2D eigenvalue weighted by atomic mass is 10.1. The van der Waals surface area contributed by atoms with Gasteiger partial charge >= 0.3 is 0 Å². The fourth-order valence-corrected chi connectivity index (χ4v) is 4.32.